The van der Waals surface area contributed by atoms with Crippen LogP contribution in [-0.2, 0) is 29.1 Å². The summed E-state index contributed by atoms with van der Waals surface area (Å²) in [5.74, 6) is -0.739. The molecule has 1 aliphatic heterocycles. The first-order valence-corrected chi connectivity index (χ1v) is 9.39. The Morgan fingerprint density at radius 3 is 2.58 bits per heavy atom. The second-order valence-corrected chi connectivity index (χ2v) is 7.48. The monoisotopic (exact) mass is 383 g/mol. The van der Waals surface area contributed by atoms with Crippen molar-refractivity contribution in [2.75, 3.05) is 40.0 Å². The molecule has 8 nitrogen and oxygen atoms in total. The van der Waals surface area contributed by atoms with Gasteiger partial charge in [-0.2, -0.15) is 4.31 Å². The van der Waals surface area contributed by atoms with Crippen LogP contribution in [0.2, 0.25) is 0 Å². The van der Waals surface area contributed by atoms with E-state index >= 15 is 0 Å². The van der Waals surface area contributed by atoms with Gasteiger partial charge in [0.2, 0.25) is 10.0 Å². The van der Waals surface area contributed by atoms with Crippen LogP contribution < -0.4 is 4.74 Å². The van der Waals surface area contributed by atoms with Gasteiger partial charge in [0.25, 0.3) is 0 Å². The molecular formula is C17H21NO7S. The molecule has 0 unspecified atom stereocenters. The minimum atomic E-state index is -3.75. The minimum absolute atomic E-state index is 0.0150. The van der Waals surface area contributed by atoms with Crippen molar-refractivity contribution in [3.05, 3.63) is 29.8 Å². The van der Waals surface area contributed by atoms with Crippen LogP contribution in [0, 0.1) is 0 Å². The molecule has 142 valence electrons. The molecule has 0 aliphatic carbocycles. The standard InChI is InChI=1S/C17H21NO7S/c1-13(19)12-25-17(20)6-4-14-3-5-15(23-2)16(11-14)26(21,22)18-7-9-24-10-8-18/h3-6,11H,7-10,12H2,1-2H3/b6-4+. The Hall–Kier alpha value is -2.23. The van der Waals surface area contributed by atoms with Crippen LogP contribution >= 0.6 is 0 Å². The molecule has 1 aromatic carbocycles. The molecule has 1 aromatic rings. The lowest BCUT2D eigenvalue weighted by Crippen LogP contribution is -2.40. The summed E-state index contributed by atoms with van der Waals surface area (Å²) in [6, 6.07) is 4.57. The number of esters is 1. The van der Waals surface area contributed by atoms with Crippen molar-refractivity contribution in [2.24, 2.45) is 0 Å². The minimum Gasteiger partial charge on any atom is -0.495 e. The molecule has 0 atom stereocenters. The highest BCUT2D eigenvalue weighted by Crippen LogP contribution is 2.28. The maximum absolute atomic E-state index is 12.9. The Balaban J connectivity index is 2.25. The molecule has 0 radical (unpaired) electrons. The number of carbonyl (C=O) groups excluding carboxylic acids is 2. The molecule has 2 rings (SSSR count). The number of sulfonamides is 1. The molecule has 1 aliphatic rings. The first kappa shape index (κ1) is 20.1. The van der Waals surface area contributed by atoms with E-state index in [4.69, 9.17) is 14.2 Å². The highest BCUT2D eigenvalue weighted by atomic mass is 32.2. The Bertz CT molecular complexity index is 795. The highest BCUT2D eigenvalue weighted by molar-refractivity contribution is 7.89. The van der Waals surface area contributed by atoms with Crippen molar-refractivity contribution < 1.29 is 32.2 Å². The fourth-order valence-electron chi connectivity index (χ4n) is 2.31. The van der Waals surface area contributed by atoms with Crippen LogP contribution in [0.15, 0.2) is 29.2 Å². The second kappa shape index (κ2) is 8.93. The maximum Gasteiger partial charge on any atom is 0.331 e. The molecule has 1 fully saturated rings. The van der Waals surface area contributed by atoms with Crippen molar-refractivity contribution in [3.8, 4) is 5.75 Å². The number of Topliss-reactive ketones (excluding diaryl/α,β-unsaturated/α-hetero) is 1. The lowest BCUT2D eigenvalue weighted by Gasteiger charge is -2.26. The molecule has 0 N–H and O–H groups in total. The Morgan fingerprint density at radius 1 is 1.27 bits per heavy atom. The molecule has 26 heavy (non-hydrogen) atoms. The van der Waals surface area contributed by atoms with Crippen LogP contribution in [0.1, 0.15) is 12.5 Å². The molecule has 9 heteroatoms. The average molecular weight is 383 g/mol. The maximum atomic E-state index is 12.9. The molecule has 0 amide bonds. The van der Waals surface area contributed by atoms with Gasteiger partial charge in [0.15, 0.2) is 5.78 Å². The van der Waals surface area contributed by atoms with Crippen molar-refractivity contribution in [3.63, 3.8) is 0 Å². The molecule has 1 heterocycles. The van der Waals surface area contributed by atoms with Gasteiger partial charge in [-0.15, -0.1) is 0 Å². The van der Waals surface area contributed by atoms with Gasteiger partial charge >= 0.3 is 5.97 Å². The molecule has 1 saturated heterocycles. The number of ether oxygens (including phenoxy) is 3. The topological polar surface area (TPSA) is 99.2 Å². The van der Waals surface area contributed by atoms with Gasteiger partial charge in [-0.25, -0.2) is 13.2 Å². The van der Waals surface area contributed by atoms with E-state index in [-0.39, 0.29) is 36.1 Å². The summed E-state index contributed by atoms with van der Waals surface area (Å²) >= 11 is 0. The largest absolute Gasteiger partial charge is 0.495 e. The van der Waals surface area contributed by atoms with Gasteiger partial charge in [-0.05, 0) is 30.7 Å². The first-order chi connectivity index (χ1) is 12.3. The number of nitrogens with zero attached hydrogens (tertiary/aromatic N) is 1. The summed E-state index contributed by atoms with van der Waals surface area (Å²) in [4.78, 5) is 22.4. The Morgan fingerprint density at radius 2 is 1.96 bits per heavy atom. The zero-order valence-electron chi connectivity index (χ0n) is 14.6. The van der Waals surface area contributed by atoms with Crippen LogP contribution in [0.5, 0.6) is 5.75 Å². The Labute approximate surface area is 152 Å². The molecule has 0 spiro atoms. The van der Waals surface area contributed by atoms with E-state index in [2.05, 4.69) is 0 Å². The van der Waals surface area contributed by atoms with E-state index in [0.29, 0.717) is 18.8 Å². The van der Waals surface area contributed by atoms with Crippen molar-refractivity contribution in [1.82, 2.24) is 4.31 Å². The van der Waals surface area contributed by atoms with Crippen LogP contribution in [0.25, 0.3) is 6.08 Å². The van der Waals surface area contributed by atoms with Crippen LogP contribution in [0.3, 0.4) is 0 Å². The first-order valence-electron chi connectivity index (χ1n) is 7.95. The SMILES string of the molecule is COc1ccc(/C=C/C(=O)OCC(C)=O)cc1S(=O)(=O)N1CCOCC1. The normalized spacial score (nSPS) is 15.8. The summed E-state index contributed by atoms with van der Waals surface area (Å²) < 4.78 is 42.2. The molecular weight excluding hydrogens is 362 g/mol. The lowest BCUT2D eigenvalue weighted by atomic mass is 10.2. The average Bonchev–Trinajstić information content (AvgIpc) is 2.65. The van der Waals surface area contributed by atoms with Crippen molar-refractivity contribution in [1.29, 1.82) is 0 Å². The van der Waals surface area contributed by atoms with E-state index < -0.39 is 16.0 Å². The van der Waals surface area contributed by atoms with Gasteiger partial charge in [-0.3, -0.25) is 4.79 Å². The van der Waals surface area contributed by atoms with Crippen molar-refractivity contribution in [2.45, 2.75) is 11.8 Å². The number of rotatable bonds is 7. The van der Waals surface area contributed by atoms with E-state index in [9.17, 15) is 18.0 Å². The molecule has 0 saturated carbocycles. The van der Waals surface area contributed by atoms with E-state index in [1.165, 1.54) is 36.5 Å². The van der Waals surface area contributed by atoms with E-state index in [1.54, 1.807) is 6.07 Å². The number of morpholine rings is 1. The van der Waals surface area contributed by atoms with E-state index in [1.807, 2.05) is 0 Å². The number of hydrogen-bond acceptors (Lipinski definition) is 7. The Kier molecular flexibility index (Phi) is 6.90. The quantitative estimate of drug-likeness (QED) is 0.509. The summed E-state index contributed by atoms with van der Waals surface area (Å²) in [5.41, 5.74) is 0.484. The number of carbonyl (C=O) groups is 2. The van der Waals surface area contributed by atoms with Crippen LogP contribution in [-0.4, -0.2) is 64.5 Å². The van der Waals surface area contributed by atoms with Gasteiger partial charge in [0.1, 0.15) is 17.3 Å². The predicted molar refractivity (Wildman–Crippen MR) is 93.2 cm³/mol. The highest BCUT2D eigenvalue weighted by Gasteiger charge is 2.29. The lowest BCUT2D eigenvalue weighted by molar-refractivity contribution is -0.142. The second-order valence-electron chi connectivity index (χ2n) is 5.57. The summed E-state index contributed by atoms with van der Waals surface area (Å²) in [5, 5.41) is 0. The predicted octanol–water partition coefficient (Wildman–Crippen LogP) is 0.861. The fraction of sp³-hybridized carbons (Fsp3) is 0.412. The third-order valence-electron chi connectivity index (χ3n) is 3.61. The molecule has 0 aromatic heterocycles. The van der Waals surface area contributed by atoms with Gasteiger partial charge in [-0.1, -0.05) is 6.07 Å². The van der Waals surface area contributed by atoms with Gasteiger partial charge in [0, 0.05) is 19.2 Å². The summed E-state index contributed by atoms with van der Waals surface area (Å²) in [7, 11) is -2.36. The number of ketones is 1. The third-order valence-corrected chi connectivity index (χ3v) is 5.52. The van der Waals surface area contributed by atoms with Gasteiger partial charge in [0.05, 0.1) is 20.3 Å². The third kappa shape index (κ3) is 5.13. The van der Waals surface area contributed by atoms with Crippen LogP contribution in [0.4, 0.5) is 0 Å². The van der Waals surface area contributed by atoms with Gasteiger partial charge < -0.3 is 14.2 Å². The summed E-state index contributed by atoms with van der Waals surface area (Å²) in [6.07, 6.45) is 2.55. The smallest absolute Gasteiger partial charge is 0.331 e. The number of benzene rings is 1. The zero-order valence-corrected chi connectivity index (χ0v) is 15.5. The fourth-order valence-corrected chi connectivity index (χ4v) is 3.91. The van der Waals surface area contributed by atoms with E-state index in [0.717, 1.165) is 6.08 Å². The van der Waals surface area contributed by atoms with Crippen molar-refractivity contribution >= 4 is 27.9 Å². The number of hydrogen-bond donors (Lipinski definition) is 0. The summed E-state index contributed by atoms with van der Waals surface area (Å²) in [6.45, 7) is 2.21. The molecule has 0 bridgehead atoms. The zero-order chi connectivity index (χ0) is 19.2. The number of methoxy groups -OCH3 is 1.